The van der Waals surface area contributed by atoms with Crippen LogP contribution in [0, 0.1) is 24.0 Å². The number of carbonyl (C=O) groups is 1. The van der Waals surface area contributed by atoms with Crippen LogP contribution in [-0.2, 0) is 4.74 Å². The number of hydrogen-bond donors (Lipinski definition) is 0. The Kier molecular flexibility index (Phi) is 4.59. The fraction of sp³-hybridized carbons (Fsp3) is 0.250. The molecule has 0 aliphatic rings. The van der Waals surface area contributed by atoms with Crippen molar-refractivity contribution in [1.29, 1.82) is 0 Å². The van der Waals surface area contributed by atoms with E-state index < -0.39 is 10.9 Å². The molecule has 0 fully saturated rings. The number of carbonyl (C=O) groups excluding carboxylic acids is 1. The van der Waals surface area contributed by atoms with Crippen molar-refractivity contribution in [3.8, 4) is 5.69 Å². The molecule has 7 heteroatoms. The van der Waals surface area contributed by atoms with E-state index in [4.69, 9.17) is 4.74 Å². The maximum atomic E-state index is 12.3. The second kappa shape index (κ2) is 6.43. The lowest BCUT2D eigenvalue weighted by atomic mass is 10.1. The van der Waals surface area contributed by atoms with Gasteiger partial charge in [0.15, 0.2) is 0 Å². The standard InChI is InChI=1S/C16H16N2O5/c1-4-23-16(20)15-10(2)9-14(19)17(11(15)3)12-5-7-13(8-6-12)18(21)22/h5-9H,4H2,1-3H3. The van der Waals surface area contributed by atoms with Gasteiger partial charge in [0.2, 0.25) is 0 Å². The van der Waals surface area contributed by atoms with Crippen LogP contribution >= 0.6 is 0 Å². The molecule has 23 heavy (non-hydrogen) atoms. The number of aromatic nitrogens is 1. The van der Waals surface area contributed by atoms with Gasteiger partial charge in [0, 0.05) is 29.6 Å². The lowest BCUT2D eigenvalue weighted by molar-refractivity contribution is -0.384. The second-order valence-corrected chi connectivity index (χ2v) is 4.96. The van der Waals surface area contributed by atoms with Gasteiger partial charge in [-0.2, -0.15) is 0 Å². The summed E-state index contributed by atoms with van der Waals surface area (Å²) in [5.74, 6) is -0.502. The molecule has 2 aromatic rings. The predicted molar refractivity (Wildman–Crippen MR) is 84.1 cm³/mol. The van der Waals surface area contributed by atoms with Gasteiger partial charge in [-0.3, -0.25) is 19.5 Å². The minimum atomic E-state index is -0.515. The van der Waals surface area contributed by atoms with E-state index in [-0.39, 0.29) is 17.9 Å². The zero-order valence-corrected chi connectivity index (χ0v) is 13.0. The summed E-state index contributed by atoms with van der Waals surface area (Å²) in [5.41, 5.74) is 1.35. The molecule has 0 N–H and O–H groups in total. The molecule has 1 heterocycles. The molecule has 0 spiro atoms. The molecule has 7 nitrogen and oxygen atoms in total. The van der Waals surface area contributed by atoms with Gasteiger partial charge in [-0.1, -0.05) is 0 Å². The largest absolute Gasteiger partial charge is 0.462 e. The molecule has 0 amide bonds. The summed E-state index contributed by atoms with van der Waals surface area (Å²) in [6, 6.07) is 6.91. The van der Waals surface area contributed by atoms with Gasteiger partial charge in [-0.05, 0) is 38.5 Å². The van der Waals surface area contributed by atoms with E-state index in [1.165, 1.54) is 34.9 Å². The number of esters is 1. The third kappa shape index (κ3) is 3.13. The number of benzene rings is 1. The fourth-order valence-electron chi connectivity index (χ4n) is 2.44. The van der Waals surface area contributed by atoms with Crippen LogP contribution < -0.4 is 5.56 Å². The molecule has 0 aliphatic carbocycles. The van der Waals surface area contributed by atoms with Crippen molar-refractivity contribution in [3.05, 3.63) is 67.6 Å². The SMILES string of the molecule is CCOC(=O)c1c(C)cc(=O)n(-c2ccc([N+](=O)[O-])cc2)c1C. The summed E-state index contributed by atoms with van der Waals surface area (Å²) in [4.78, 5) is 34.6. The fourth-order valence-corrected chi connectivity index (χ4v) is 2.44. The number of hydrogen-bond acceptors (Lipinski definition) is 5. The Labute approximate surface area is 132 Å². The minimum Gasteiger partial charge on any atom is -0.462 e. The van der Waals surface area contributed by atoms with Crippen molar-refractivity contribution < 1.29 is 14.5 Å². The van der Waals surface area contributed by atoms with Crippen molar-refractivity contribution in [2.75, 3.05) is 6.61 Å². The quantitative estimate of drug-likeness (QED) is 0.491. The van der Waals surface area contributed by atoms with Crippen LogP contribution in [0.1, 0.15) is 28.5 Å². The van der Waals surface area contributed by atoms with Crippen molar-refractivity contribution >= 4 is 11.7 Å². The van der Waals surface area contributed by atoms with Crippen LogP contribution in [0.15, 0.2) is 35.1 Å². The summed E-state index contributed by atoms with van der Waals surface area (Å²) in [6.45, 7) is 5.24. The maximum Gasteiger partial charge on any atom is 0.340 e. The molecule has 120 valence electrons. The average Bonchev–Trinajstić information content (AvgIpc) is 2.47. The smallest absolute Gasteiger partial charge is 0.340 e. The molecule has 0 bridgehead atoms. The number of nitro groups is 1. The zero-order valence-electron chi connectivity index (χ0n) is 13.0. The summed E-state index contributed by atoms with van der Waals surface area (Å²) in [7, 11) is 0. The summed E-state index contributed by atoms with van der Waals surface area (Å²) in [5, 5.41) is 10.7. The number of rotatable bonds is 4. The Bertz CT molecular complexity index is 822. The minimum absolute atomic E-state index is 0.0721. The molecule has 0 aliphatic heterocycles. The number of nitrogens with zero attached hydrogens (tertiary/aromatic N) is 2. The highest BCUT2D eigenvalue weighted by Crippen LogP contribution is 2.19. The summed E-state index contributed by atoms with van der Waals surface area (Å²) < 4.78 is 6.36. The van der Waals surface area contributed by atoms with Crippen molar-refractivity contribution in [2.45, 2.75) is 20.8 Å². The number of ether oxygens (including phenoxy) is 1. The van der Waals surface area contributed by atoms with Crippen LogP contribution in [0.25, 0.3) is 5.69 Å². The Morgan fingerprint density at radius 2 is 1.87 bits per heavy atom. The lowest BCUT2D eigenvalue weighted by Gasteiger charge is -2.15. The van der Waals surface area contributed by atoms with Crippen LogP contribution in [0.3, 0.4) is 0 Å². The second-order valence-electron chi connectivity index (χ2n) is 4.96. The number of nitro benzene ring substituents is 1. The van der Waals surface area contributed by atoms with E-state index in [1.54, 1.807) is 20.8 Å². The van der Waals surface area contributed by atoms with E-state index in [0.717, 1.165) is 0 Å². The van der Waals surface area contributed by atoms with E-state index >= 15 is 0 Å². The first-order valence-corrected chi connectivity index (χ1v) is 7.02. The molecular formula is C16H16N2O5. The molecule has 0 atom stereocenters. The zero-order chi connectivity index (χ0) is 17.1. The Balaban J connectivity index is 2.63. The van der Waals surface area contributed by atoms with Crippen LogP contribution in [0.2, 0.25) is 0 Å². The molecule has 0 saturated carbocycles. The molecular weight excluding hydrogens is 300 g/mol. The van der Waals surface area contributed by atoms with Crippen LogP contribution in [0.4, 0.5) is 5.69 Å². The number of non-ortho nitro benzene ring substituents is 1. The van der Waals surface area contributed by atoms with E-state index in [9.17, 15) is 19.7 Å². The Morgan fingerprint density at radius 1 is 1.26 bits per heavy atom. The number of pyridine rings is 1. The molecule has 0 unspecified atom stereocenters. The first-order chi connectivity index (χ1) is 10.9. The van der Waals surface area contributed by atoms with Gasteiger partial charge in [-0.25, -0.2) is 4.79 Å². The van der Waals surface area contributed by atoms with Crippen LogP contribution in [0.5, 0.6) is 0 Å². The van der Waals surface area contributed by atoms with Gasteiger partial charge in [0.05, 0.1) is 17.1 Å². The third-order valence-electron chi connectivity index (χ3n) is 3.45. The normalized spacial score (nSPS) is 10.4. The predicted octanol–water partition coefficient (Wildman–Crippen LogP) is 2.54. The highest BCUT2D eigenvalue weighted by atomic mass is 16.6. The van der Waals surface area contributed by atoms with Gasteiger partial charge in [0.1, 0.15) is 0 Å². The molecule has 0 radical (unpaired) electrons. The van der Waals surface area contributed by atoms with Crippen molar-refractivity contribution in [1.82, 2.24) is 4.57 Å². The molecule has 2 rings (SSSR count). The van der Waals surface area contributed by atoms with Gasteiger partial charge >= 0.3 is 5.97 Å². The molecule has 1 aromatic carbocycles. The maximum absolute atomic E-state index is 12.3. The van der Waals surface area contributed by atoms with Crippen LogP contribution in [-0.4, -0.2) is 22.1 Å². The van der Waals surface area contributed by atoms with E-state index in [2.05, 4.69) is 0 Å². The van der Waals surface area contributed by atoms with Crippen molar-refractivity contribution in [3.63, 3.8) is 0 Å². The number of aryl methyl sites for hydroxylation is 1. The van der Waals surface area contributed by atoms with Crippen molar-refractivity contribution in [2.24, 2.45) is 0 Å². The monoisotopic (exact) mass is 316 g/mol. The lowest BCUT2D eigenvalue weighted by Crippen LogP contribution is -2.24. The van der Waals surface area contributed by atoms with E-state index in [1.807, 2.05) is 0 Å². The summed E-state index contributed by atoms with van der Waals surface area (Å²) >= 11 is 0. The first-order valence-electron chi connectivity index (χ1n) is 7.02. The van der Waals surface area contributed by atoms with Gasteiger partial charge < -0.3 is 4.74 Å². The van der Waals surface area contributed by atoms with Gasteiger partial charge in [0.25, 0.3) is 11.2 Å². The Morgan fingerprint density at radius 3 is 2.39 bits per heavy atom. The first kappa shape index (κ1) is 16.4. The Hall–Kier alpha value is -2.96. The topological polar surface area (TPSA) is 91.4 Å². The highest BCUT2D eigenvalue weighted by molar-refractivity contribution is 5.92. The molecule has 0 saturated heterocycles. The third-order valence-corrected chi connectivity index (χ3v) is 3.45. The average molecular weight is 316 g/mol. The summed E-state index contributed by atoms with van der Waals surface area (Å²) in [6.07, 6.45) is 0. The highest BCUT2D eigenvalue weighted by Gasteiger charge is 2.19. The van der Waals surface area contributed by atoms with E-state index in [0.29, 0.717) is 22.5 Å². The molecule has 1 aromatic heterocycles. The van der Waals surface area contributed by atoms with Gasteiger partial charge in [-0.15, -0.1) is 0 Å².